The standard InChI is InChI=1S/C17H31N7O7/c1-8(2)13(16(30)31)24-15(29)10(6-12(26)27)23-11(25)7-22-14(28)9(18)4-3-5-21-17(19)20/h8-10,13H,3-7,18H2,1-2H3,(H,22,28)(H,23,25)(H,24,29)(H,26,27)(H,30,31)(H4,19,20,21)/t9-,10-,13-/m0/s1. The van der Waals surface area contributed by atoms with E-state index < -0.39 is 66.7 Å². The summed E-state index contributed by atoms with van der Waals surface area (Å²) in [4.78, 5) is 62.2. The van der Waals surface area contributed by atoms with Crippen LogP contribution in [0.2, 0.25) is 0 Å². The van der Waals surface area contributed by atoms with Crippen LogP contribution in [0.5, 0.6) is 0 Å². The number of carboxylic acid groups (broad SMARTS) is 2. The number of amides is 3. The van der Waals surface area contributed by atoms with Gasteiger partial charge in [0.1, 0.15) is 12.1 Å². The first-order valence-electron chi connectivity index (χ1n) is 9.48. The van der Waals surface area contributed by atoms with E-state index in [1.165, 1.54) is 0 Å². The lowest BCUT2D eigenvalue weighted by molar-refractivity contribution is -0.144. The molecule has 0 aromatic carbocycles. The Morgan fingerprint density at radius 1 is 1.00 bits per heavy atom. The van der Waals surface area contributed by atoms with Gasteiger partial charge >= 0.3 is 11.9 Å². The van der Waals surface area contributed by atoms with Crippen LogP contribution in [0.4, 0.5) is 0 Å². The van der Waals surface area contributed by atoms with E-state index in [4.69, 9.17) is 27.4 Å². The maximum Gasteiger partial charge on any atom is 0.326 e. The van der Waals surface area contributed by atoms with Crippen molar-refractivity contribution in [3.63, 3.8) is 0 Å². The van der Waals surface area contributed by atoms with Crippen LogP contribution in [-0.2, 0) is 24.0 Å². The van der Waals surface area contributed by atoms with E-state index in [0.29, 0.717) is 6.42 Å². The number of guanidine groups is 1. The molecular formula is C17H31N7O7. The third kappa shape index (κ3) is 12.0. The molecule has 0 aliphatic carbocycles. The van der Waals surface area contributed by atoms with E-state index >= 15 is 0 Å². The molecule has 0 aromatic rings. The number of nitrogens with zero attached hydrogens (tertiary/aromatic N) is 1. The monoisotopic (exact) mass is 445 g/mol. The first-order chi connectivity index (χ1) is 14.3. The Kier molecular flexibility index (Phi) is 12.2. The van der Waals surface area contributed by atoms with Crippen LogP contribution in [-0.4, -0.2) is 77.0 Å². The van der Waals surface area contributed by atoms with Gasteiger partial charge in [0.15, 0.2) is 5.96 Å². The number of hydrogen-bond donors (Lipinski definition) is 8. The minimum absolute atomic E-state index is 0.0854. The van der Waals surface area contributed by atoms with Gasteiger partial charge in [0.25, 0.3) is 0 Å². The van der Waals surface area contributed by atoms with Gasteiger partial charge in [-0.25, -0.2) is 4.79 Å². The number of hydrogen-bond acceptors (Lipinski definition) is 7. The molecule has 0 saturated carbocycles. The molecular weight excluding hydrogens is 414 g/mol. The SMILES string of the molecule is CC(C)[C@H](NC(=O)[C@H](CC(=O)O)NC(=O)CNC(=O)[C@@H](N)CCCN=C(N)N)C(=O)O. The summed E-state index contributed by atoms with van der Waals surface area (Å²) in [5, 5.41) is 24.7. The van der Waals surface area contributed by atoms with Crippen molar-refractivity contribution in [2.45, 2.75) is 51.2 Å². The summed E-state index contributed by atoms with van der Waals surface area (Å²) in [5.74, 6) is -5.70. The van der Waals surface area contributed by atoms with Crippen molar-refractivity contribution in [1.82, 2.24) is 16.0 Å². The fourth-order valence-corrected chi connectivity index (χ4v) is 2.35. The highest BCUT2D eigenvalue weighted by molar-refractivity contribution is 5.94. The molecule has 0 radical (unpaired) electrons. The Bertz CT molecular complexity index is 692. The van der Waals surface area contributed by atoms with E-state index in [0.717, 1.165) is 0 Å². The molecule has 176 valence electrons. The number of carbonyl (C=O) groups excluding carboxylic acids is 3. The Hall–Kier alpha value is -3.42. The minimum atomic E-state index is -1.53. The molecule has 0 aromatic heterocycles. The van der Waals surface area contributed by atoms with Gasteiger partial charge in [0.05, 0.1) is 19.0 Å². The average molecular weight is 445 g/mol. The van der Waals surface area contributed by atoms with Crippen molar-refractivity contribution >= 4 is 35.6 Å². The summed E-state index contributed by atoms with van der Waals surface area (Å²) in [5.41, 5.74) is 16.0. The first-order valence-corrected chi connectivity index (χ1v) is 9.48. The van der Waals surface area contributed by atoms with E-state index in [1.807, 2.05) is 0 Å². The zero-order chi connectivity index (χ0) is 24.1. The topological polar surface area (TPSA) is 252 Å². The Morgan fingerprint density at radius 2 is 1.61 bits per heavy atom. The van der Waals surface area contributed by atoms with E-state index in [9.17, 15) is 24.0 Å². The Labute approximate surface area is 179 Å². The highest BCUT2D eigenvalue weighted by atomic mass is 16.4. The van der Waals surface area contributed by atoms with Crippen molar-refractivity contribution in [2.24, 2.45) is 28.1 Å². The third-order valence-electron chi connectivity index (χ3n) is 3.99. The molecule has 14 heteroatoms. The number of rotatable bonds is 14. The Balaban J connectivity index is 4.75. The van der Waals surface area contributed by atoms with Crippen LogP contribution in [0.25, 0.3) is 0 Å². The fourth-order valence-electron chi connectivity index (χ4n) is 2.35. The second-order valence-electron chi connectivity index (χ2n) is 7.06. The molecule has 0 heterocycles. The predicted molar refractivity (Wildman–Crippen MR) is 109 cm³/mol. The molecule has 31 heavy (non-hydrogen) atoms. The number of aliphatic carboxylic acids is 2. The highest BCUT2D eigenvalue weighted by Gasteiger charge is 2.30. The van der Waals surface area contributed by atoms with Crippen LogP contribution < -0.4 is 33.2 Å². The molecule has 0 rings (SSSR count). The average Bonchev–Trinajstić information content (AvgIpc) is 2.65. The predicted octanol–water partition coefficient (Wildman–Crippen LogP) is -3.33. The molecule has 3 amide bonds. The first kappa shape index (κ1) is 27.6. The molecule has 0 unspecified atom stereocenters. The van der Waals surface area contributed by atoms with Gasteiger partial charge in [0, 0.05) is 6.54 Å². The molecule has 0 fully saturated rings. The largest absolute Gasteiger partial charge is 0.481 e. The summed E-state index contributed by atoms with van der Waals surface area (Å²) >= 11 is 0. The second-order valence-corrected chi connectivity index (χ2v) is 7.06. The maximum absolute atomic E-state index is 12.3. The lowest BCUT2D eigenvalue weighted by atomic mass is 10.0. The van der Waals surface area contributed by atoms with Crippen LogP contribution >= 0.6 is 0 Å². The molecule has 3 atom stereocenters. The van der Waals surface area contributed by atoms with E-state index in [1.54, 1.807) is 13.8 Å². The van der Waals surface area contributed by atoms with Gasteiger partial charge in [-0.15, -0.1) is 0 Å². The quantitative estimate of drug-likeness (QED) is 0.0749. The summed E-state index contributed by atoms with van der Waals surface area (Å²) in [6, 6.07) is -3.73. The number of aliphatic imine (C=N–C) groups is 1. The highest BCUT2D eigenvalue weighted by Crippen LogP contribution is 2.03. The number of nitrogens with two attached hydrogens (primary N) is 3. The zero-order valence-electron chi connectivity index (χ0n) is 17.5. The Morgan fingerprint density at radius 3 is 2.10 bits per heavy atom. The van der Waals surface area contributed by atoms with Crippen LogP contribution in [0.15, 0.2) is 4.99 Å². The molecule has 0 saturated heterocycles. The summed E-state index contributed by atoms with van der Waals surface area (Å²) in [7, 11) is 0. The fraction of sp³-hybridized carbons (Fsp3) is 0.647. The zero-order valence-corrected chi connectivity index (χ0v) is 17.5. The lowest BCUT2D eigenvalue weighted by Crippen LogP contribution is -2.55. The minimum Gasteiger partial charge on any atom is -0.481 e. The van der Waals surface area contributed by atoms with Gasteiger partial charge in [-0.2, -0.15) is 0 Å². The van der Waals surface area contributed by atoms with Crippen LogP contribution in [0.1, 0.15) is 33.1 Å². The van der Waals surface area contributed by atoms with Crippen molar-refractivity contribution in [2.75, 3.05) is 13.1 Å². The summed E-state index contributed by atoms with van der Waals surface area (Å²) in [6.45, 7) is 2.83. The van der Waals surface area contributed by atoms with Gasteiger partial charge < -0.3 is 43.4 Å². The lowest BCUT2D eigenvalue weighted by Gasteiger charge is -2.22. The molecule has 0 aliphatic heterocycles. The van der Waals surface area contributed by atoms with E-state index in [-0.39, 0.29) is 18.9 Å². The van der Waals surface area contributed by atoms with E-state index in [2.05, 4.69) is 20.9 Å². The van der Waals surface area contributed by atoms with Gasteiger partial charge in [-0.3, -0.25) is 24.2 Å². The number of carbonyl (C=O) groups is 5. The molecule has 11 N–H and O–H groups in total. The van der Waals surface area contributed by atoms with Crippen molar-refractivity contribution in [3.05, 3.63) is 0 Å². The molecule has 0 bridgehead atoms. The van der Waals surface area contributed by atoms with Crippen molar-refractivity contribution in [1.29, 1.82) is 0 Å². The number of carboxylic acids is 2. The van der Waals surface area contributed by atoms with Crippen LogP contribution in [0.3, 0.4) is 0 Å². The summed E-state index contributed by atoms with van der Waals surface area (Å²) in [6.07, 6.45) is -0.0968. The van der Waals surface area contributed by atoms with Crippen LogP contribution in [0, 0.1) is 5.92 Å². The smallest absolute Gasteiger partial charge is 0.326 e. The van der Waals surface area contributed by atoms with Gasteiger partial charge in [-0.1, -0.05) is 13.8 Å². The summed E-state index contributed by atoms with van der Waals surface area (Å²) < 4.78 is 0. The maximum atomic E-state index is 12.3. The molecule has 14 nitrogen and oxygen atoms in total. The normalized spacial score (nSPS) is 13.4. The van der Waals surface area contributed by atoms with Gasteiger partial charge in [-0.05, 0) is 18.8 Å². The molecule has 0 spiro atoms. The van der Waals surface area contributed by atoms with Crippen molar-refractivity contribution in [3.8, 4) is 0 Å². The van der Waals surface area contributed by atoms with Crippen molar-refractivity contribution < 1.29 is 34.2 Å². The van der Waals surface area contributed by atoms with Gasteiger partial charge in [0.2, 0.25) is 17.7 Å². The second kappa shape index (κ2) is 13.7. The number of nitrogens with one attached hydrogen (secondary N) is 3. The molecule has 0 aliphatic rings. The third-order valence-corrected chi connectivity index (χ3v) is 3.99.